The number of amides is 1. The minimum absolute atomic E-state index is 0.0528. The molecule has 0 atom stereocenters. The van der Waals surface area contributed by atoms with Gasteiger partial charge in [-0.2, -0.15) is 0 Å². The zero-order valence-corrected chi connectivity index (χ0v) is 16.0. The number of anilines is 1. The summed E-state index contributed by atoms with van der Waals surface area (Å²) in [6, 6.07) is 11.8. The highest BCUT2D eigenvalue weighted by Crippen LogP contribution is 2.19. The summed E-state index contributed by atoms with van der Waals surface area (Å²) in [6.45, 7) is 2.59. The van der Waals surface area contributed by atoms with Gasteiger partial charge in [0.05, 0.1) is 0 Å². The summed E-state index contributed by atoms with van der Waals surface area (Å²) < 4.78 is 11.1. The summed E-state index contributed by atoms with van der Waals surface area (Å²) in [7, 11) is 0. The summed E-state index contributed by atoms with van der Waals surface area (Å²) in [5.74, 6) is -0.720. The van der Waals surface area contributed by atoms with Gasteiger partial charge in [0.2, 0.25) is 0 Å². The van der Waals surface area contributed by atoms with E-state index in [-0.39, 0.29) is 12.4 Å². The van der Waals surface area contributed by atoms with Crippen LogP contribution in [-0.2, 0) is 14.3 Å². The first-order valence-corrected chi connectivity index (χ1v) is 8.60. The Balaban J connectivity index is 1.75. The number of Topliss-reactive ketones (excluding diaryl/α,β-unsaturated/α-hetero) is 1. The average Bonchev–Trinajstić information content (AvgIpc) is 2.61. The third-order valence-electron chi connectivity index (χ3n) is 3.44. The molecule has 26 heavy (non-hydrogen) atoms. The number of rotatable bonds is 7. The van der Waals surface area contributed by atoms with E-state index < -0.39 is 18.5 Å². The highest BCUT2D eigenvalue weighted by atomic mass is 79.9. The van der Waals surface area contributed by atoms with Gasteiger partial charge < -0.3 is 14.8 Å². The molecule has 0 unspecified atom stereocenters. The van der Waals surface area contributed by atoms with Gasteiger partial charge in [-0.25, -0.2) is 4.79 Å². The highest BCUT2D eigenvalue weighted by Gasteiger charge is 2.10. The minimum Gasteiger partial charge on any atom is -0.482 e. The number of carbonyl (C=O) groups is 3. The molecule has 0 saturated carbocycles. The van der Waals surface area contributed by atoms with Crippen molar-refractivity contribution in [1.29, 1.82) is 0 Å². The maximum atomic E-state index is 11.9. The van der Waals surface area contributed by atoms with Crippen LogP contribution in [0.3, 0.4) is 0 Å². The summed E-state index contributed by atoms with van der Waals surface area (Å²) in [6.07, 6.45) is 0. The zero-order chi connectivity index (χ0) is 19.1. The van der Waals surface area contributed by atoms with Crippen molar-refractivity contribution in [1.82, 2.24) is 0 Å². The van der Waals surface area contributed by atoms with Gasteiger partial charge in [-0.3, -0.25) is 9.59 Å². The number of ether oxygens (including phenoxy) is 2. The van der Waals surface area contributed by atoms with Crippen LogP contribution in [0.2, 0.25) is 0 Å². The molecule has 2 aromatic carbocycles. The number of nitrogens with one attached hydrogen (secondary N) is 1. The Morgan fingerprint density at radius 3 is 2.35 bits per heavy atom. The number of carbonyl (C=O) groups excluding carboxylic acids is 3. The van der Waals surface area contributed by atoms with Crippen LogP contribution < -0.4 is 10.1 Å². The van der Waals surface area contributed by atoms with Gasteiger partial charge in [0, 0.05) is 15.7 Å². The minimum atomic E-state index is -0.664. The number of benzene rings is 2. The van der Waals surface area contributed by atoms with E-state index in [1.807, 2.05) is 13.0 Å². The second kappa shape index (κ2) is 9.15. The van der Waals surface area contributed by atoms with E-state index in [1.54, 1.807) is 36.4 Å². The lowest BCUT2D eigenvalue weighted by molar-refractivity contribution is -0.149. The van der Waals surface area contributed by atoms with Crippen molar-refractivity contribution in [2.75, 3.05) is 18.5 Å². The lowest BCUT2D eigenvalue weighted by atomic mass is 10.1. The van der Waals surface area contributed by atoms with Crippen LogP contribution in [0.5, 0.6) is 5.75 Å². The number of hydrogen-bond donors (Lipinski definition) is 1. The number of esters is 1. The first kappa shape index (κ1) is 19.7. The van der Waals surface area contributed by atoms with E-state index in [4.69, 9.17) is 9.47 Å². The quantitative estimate of drug-likeness (QED) is 0.548. The molecule has 1 N–H and O–H groups in total. The Morgan fingerprint density at radius 2 is 1.73 bits per heavy atom. The zero-order valence-electron chi connectivity index (χ0n) is 14.4. The van der Waals surface area contributed by atoms with Crippen molar-refractivity contribution in [3.8, 4) is 5.75 Å². The number of aryl methyl sites for hydroxylation is 1. The smallest absolute Gasteiger partial charge is 0.344 e. The molecule has 6 nitrogen and oxygen atoms in total. The maximum absolute atomic E-state index is 11.9. The fraction of sp³-hybridized carbons (Fsp3) is 0.211. The first-order chi connectivity index (χ1) is 12.3. The molecule has 0 aliphatic heterocycles. The molecule has 0 aromatic heterocycles. The van der Waals surface area contributed by atoms with Crippen LogP contribution in [0.15, 0.2) is 46.9 Å². The van der Waals surface area contributed by atoms with Crippen molar-refractivity contribution < 1.29 is 23.9 Å². The molecule has 1 amide bonds. The van der Waals surface area contributed by atoms with Crippen molar-refractivity contribution in [3.63, 3.8) is 0 Å². The fourth-order valence-electron chi connectivity index (χ4n) is 2.07. The van der Waals surface area contributed by atoms with Crippen LogP contribution in [0.4, 0.5) is 5.69 Å². The second-order valence-electron chi connectivity index (χ2n) is 5.54. The van der Waals surface area contributed by atoms with Crippen LogP contribution in [0, 0.1) is 6.92 Å². The lowest BCUT2D eigenvalue weighted by Crippen LogP contribution is -2.24. The van der Waals surface area contributed by atoms with E-state index in [9.17, 15) is 14.4 Å². The van der Waals surface area contributed by atoms with Gasteiger partial charge in [-0.05, 0) is 61.9 Å². The van der Waals surface area contributed by atoms with E-state index >= 15 is 0 Å². The average molecular weight is 420 g/mol. The Kier molecular flexibility index (Phi) is 6.91. The molecule has 0 heterocycles. The van der Waals surface area contributed by atoms with Gasteiger partial charge in [-0.15, -0.1) is 0 Å². The maximum Gasteiger partial charge on any atom is 0.344 e. The molecule has 0 aliphatic rings. The summed E-state index contributed by atoms with van der Waals surface area (Å²) in [5.41, 5.74) is 2.09. The first-order valence-electron chi connectivity index (χ1n) is 7.80. The predicted molar refractivity (Wildman–Crippen MR) is 100 cm³/mol. The molecule has 0 spiro atoms. The predicted octanol–water partition coefficient (Wildman–Crippen LogP) is 3.52. The molecule has 136 valence electrons. The molecule has 2 rings (SSSR count). The Bertz CT molecular complexity index is 817. The topological polar surface area (TPSA) is 81.7 Å². The molecule has 2 aromatic rings. The summed E-state index contributed by atoms with van der Waals surface area (Å²) >= 11 is 3.35. The SMILES string of the molecule is CC(=O)c1ccc(OCC(=O)OCC(=O)Nc2ccc(Br)cc2C)cc1. The molecule has 0 saturated heterocycles. The normalized spacial score (nSPS) is 10.1. The summed E-state index contributed by atoms with van der Waals surface area (Å²) in [5, 5.41) is 2.67. The largest absolute Gasteiger partial charge is 0.482 e. The van der Waals surface area contributed by atoms with Crippen molar-refractivity contribution in [3.05, 3.63) is 58.1 Å². The van der Waals surface area contributed by atoms with Gasteiger partial charge in [-0.1, -0.05) is 15.9 Å². The highest BCUT2D eigenvalue weighted by molar-refractivity contribution is 9.10. The van der Waals surface area contributed by atoms with Crippen LogP contribution in [0.25, 0.3) is 0 Å². The molecule has 7 heteroatoms. The fourth-order valence-corrected chi connectivity index (χ4v) is 2.55. The molecule has 0 radical (unpaired) electrons. The van der Waals surface area contributed by atoms with E-state index in [0.29, 0.717) is 17.0 Å². The molecule has 0 bridgehead atoms. The van der Waals surface area contributed by atoms with E-state index in [2.05, 4.69) is 21.2 Å². The summed E-state index contributed by atoms with van der Waals surface area (Å²) in [4.78, 5) is 34.7. The van der Waals surface area contributed by atoms with Crippen molar-refractivity contribution >= 4 is 39.3 Å². The van der Waals surface area contributed by atoms with Gasteiger partial charge in [0.15, 0.2) is 19.0 Å². The Labute approximate surface area is 159 Å². The second-order valence-corrected chi connectivity index (χ2v) is 6.45. The van der Waals surface area contributed by atoms with E-state index in [0.717, 1.165) is 10.0 Å². The number of halogens is 1. The molecule has 0 aliphatic carbocycles. The third-order valence-corrected chi connectivity index (χ3v) is 3.94. The molecular weight excluding hydrogens is 402 g/mol. The van der Waals surface area contributed by atoms with Crippen LogP contribution in [0.1, 0.15) is 22.8 Å². The van der Waals surface area contributed by atoms with Crippen molar-refractivity contribution in [2.45, 2.75) is 13.8 Å². The Morgan fingerprint density at radius 1 is 1.04 bits per heavy atom. The van der Waals surface area contributed by atoms with Gasteiger partial charge in [0.25, 0.3) is 5.91 Å². The monoisotopic (exact) mass is 419 g/mol. The van der Waals surface area contributed by atoms with Crippen molar-refractivity contribution in [2.24, 2.45) is 0 Å². The van der Waals surface area contributed by atoms with Crippen LogP contribution >= 0.6 is 15.9 Å². The van der Waals surface area contributed by atoms with Gasteiger partial charge in [0.1, 0.15) is 5.75 Å². The molecule has 0 fully saturated rings. The van der Waals surface area contributed by atoms with Gasteiger partial charge >= 0.3 is 5.97 Å². The lowest BCUT2D eigenvalue weighted by Gasteiger charge is -2.10. The van der Waals surface area contributed by atoms with E-state index in [1.165, 1.54) is 6.92 Å². The number of hydrogen-bond acceptors (Lipinski definition) is 5. The number of ketones is 1. The standard InChI is InChI=1S/C19H18BrNO5/c1-12-9-15(20)5-8-17(12)21-18(23)10-26-19(24)11-25-16-6-3-14(4-7-16)13(2)22/h3-9H,10-11H2,1-2H3,(H,21,23). The van der Waals surface area contributed by atoms with Crippen LogP contribution in [-0.4, -0.2) is 30.9 Å². The Hall–Kier alpha value is -2.67. The third kappa shape index (κ3) is 6.00. The molecular formula is C19H18BrNO5.